The topological polar surface area (TPSA) is 67.9 Å². The largest absolute Gasteiger partial charge is 0.444 e. The molecule has 0 bridgehead atoms. The molecule has 24 heavy (non-hydrogen) atoms. The number of nitrogens with one attached hydrogen (secondary N) is 1. The lowest BCUT2D eigenvalue weighted by Gasteiger charge is -2.27. The molecular formula is C18H26N2O4. The average Bonchev–Trinajstić information content (AvgIpc) is 2.96. The van der Waals surface area contributed by atoms with E-state index in [2.05, 4.69) is 5.32 Å². The van der Waals surface area contributed by atoms with Gasteiger partial charge in [-0.3, -0.25) is 9.69 Å². The van der Waals surface area contributed by atoms with Crippen LogP contribution in [0.15, 0.2) is 30.3 Å². The first-order valence-corrected chi connectivity index (χ1v) is 8.17. The number of hydrogen-bond donors (Lipinski definition) is 1. The Morgan fingerprint density at radius 1 is 1.25 bits per heavy atom. The summed E-state index contributed by atoms with van der Waals surface area (Å²) in [4.78, 5) is 25.9. The molecule has 2 rings (SSSR count). The molecule has 1 heterocycles. The summed E-state index contributed by atoms with van der Waals surface area (Å²) >= 11 is 0. The predicted octanol–water partition coefficient (Wildman–Crippen LogP) is 2.33. The maximum atomic E-state index is 12.4. The number of rotatable bonds is 4. The van der Waals surface area contributed by atoms with Crippen LogP contribution in [0, 0.1) is 0 Å². The minimum absolute atomic E-state index is 0.194. The summed E-state index contributed by atoms with van der Waals surface area (Å²) in [5, 5.41) is 2.61. The molecule has 132 valence electrons. The first-order valence-electron chi connectivity index (χ1n) is 8.17. The molecule has 1 N–H and O–H groups in total. The number of nitrogens with zero attached hydrogens (tertiary/aromatic N) is 1. The standard InChI is InChI=1S/C18H26N2O4/c1-18(2,3)24-17(22)20-11-14(10-15(20)16(21)19-4)23-12-13-8-6-5-7-9-13/h5-9,14-15H,10-12H2,1-4H3,(H,19,21)/t14-,15+/m1/s1. The van der Waals surface area contributed by atoms with Crippen LogP contribution in [0.2, 0.25) is 0 Å². The zero-order valence-electron chi connectivity index (χ0n) is 14.7. The highest BCUT2D eigenvalue weighted by Gasteiger charge is 2.41. The highest BCUT2D eigenvalue weighted by Crippen LogP contribution is 2.24. The zero-order chi connectivity index (χ0) is 17.7. The van der Waals surface area contributed by atoms with Gasteiger partial charge in [-0.05, 0) is 26.3 Å². The van der Waals surface area contributed by atoms with E-state index in [1.807, 2.05) is 30.3 Å². The molecule has 0 spiro atoms. The first-order chi connectivity index (χ1) is 11.3. The van der Waals surface area contributed by atoms with E-state index in [1.54, 1.807) is 27.8 Å². The molecule has 0 aromatic heterocycles. The Bertz CT molecular complexity index is 568. The Kier molecular flexibility index (Phi) is 5.83. The molecule has 6 nitrogen and oxygen atoms in total. The van der Waals surface area contributed by atoms with Gasteiger partial charge in [-0.15, -0.1) is 0 Å². The van der Waals surface area contributed by atoms with Gasteiger partial charge >= 0.3 is 6.09 Å². The summed E-state index contributed by atoms with van der Waals surface area (Å²) in [5.74, 6) is -0.202. The summed E-state index contributed by atoms with van der Waals surface area (Å²) in [6.45, 7) is 6.21. The highest BCUT2D eigenvalue weighted by atomic mass is 16.6. The van der Waals surface area contributed by atoms with E-state index in [1.165, 1.54) is 4.90 Å². The van der Waals surface area contributed by atoms with Crippen molar-refractivity contribution in [2.24, 2.45) is 0 Å². The number of likely N-dealkylation sites (N-methyl/N-ethyl adjacent to an activating group) is 1. The van der Waals surface area contributed by atoms with E-state index in [9.17, 15) is 9.59 Å². The highest BCUT2D eigenvalue weighted by molar-refractivity contribution is 5.86. The Morgan fingerprint density at radius 2 is 1.92 bits per heavy atom. The number of amides is 2. The van der Waals surface area contributed by atoms with Crippen LogP contribution in [0.5, 0.6) is 0 Å². The summed E-state index contributed by atoms with van der Waals surface area (Å²) in [7, 11) is 1.56. The summed E-state index contributed by atoms with van der Waals surface area (Å²) in [5.41, 5.74) is 0.456. The maximum Gasteiger partial charge on any atom is 0.411 e. The molecule has 2 atom stereocenters. The predicted molar refractivity (Wildman–Crippen MR) is 90.4 cm³/mol. The Morgan fingerprint density at radius 3 is 2.50 bits per heavy atom. The Hall–Kier alpha value is -2.08. The number of carbonyl (C=O) groups is 2. The van der Waals surface area contributed by atoms with Crippen molar-refractivity contribution in [1.82, 2.24) is 10.2 Å². The van der Waals surface area contributed by atoms with E-state index >= 15 is 0 Å². The second-order valence-corrected chi connectivity index (χ2v) is 6.92. The van der Waals surface area contributed by atoms with E-state index in [4.69, 9.17) is 9.47 Å². The summed E-state index contributed by atoms with van der Waals surface area (Å²) in [6, 6.07) is 9.26. The van der Waals surface area contributed by atoms with Crippen LogP contribution in [0.4, 0.5) is 4.79 Å². The van der Waals surface area contributed by atoms with Crippen molar-refractivity contribution in [2.45, 2.75) is 51.5 Å². The van der Waals surface area contributed by atoms with Crippen LogP contribution >= 0.6 is 0 Å². The molecule has 0 unspecified atom stereocenters. The van der Waals surface area contributed by atoms with Gasteiger partial charge in [-0.2, -0.15) is 0 Å². The lowest BCUT2D eigenvalue weighted by atomic mass is 10.2. The number of likely N-dealkylation sites (tertiary alicyclic amines) is 1. The molecule has 1 aliphatic rings. The molecule has 1 fully saturated rings. The summed E-state index contributed by atoms with van der Waals surface area (Å²) in [6.07, 6.45) is -0.215. The van der Waals surface area contributed by atoms with Crippen molar-refractivity contribution in [1.29, 1.82) is 0 Å². The average molecular weight is 334 g/mol. The van der Waals surface area contributed by atoms with E-state index in [0.29, 0.717) is 19.6 Å². The number of hydrogen-bond acceptors (Lipinski definition) is 4. The number of ether oxygens (including phenoxy) is 2. The van der Waals surface area contributed by atoms with Crippen LogP contribution in [0.1, 0.15) is 32.8 Å². The molecule has 2 amide bonds. The monoisotopic (exact) mass is 334 g/mol. The minimum Gasteiger partial charge on any atom is -0.444 e. The molecule has 0 saturated carbocycles. The van der Waals surface area contributed by atoms with E-state index in [-0.39, 0.29) is 12.0 Å². The zero-order valence-corrected chi connectivity index (χ0v) is 14.7. The fourth-order valence-corrected chi connectivity index (χ4v) is 2.64. The van der Waals surface area contributed by atoms with E-state index < -0.39 is 17.7 Å². The van der Waals surface area contributed by atoms with Gasteiger partial charge in [0.25, 0.3) is 0 Å². The second kappa shape index (κ2) is 7.66. The van der Waals surface area contributed by atoms with Crippen molar-refractivity contribution < 1.29 is 19.1 Å². The van der Waals surface area contributed by atoms with Gasteiger partial charge in [0.15, 0.2) is 0 Å². The minimum atomic E-state index is -0.604. The Balaban J connectivity index is 2.01. The van der Waals surface area contributed by atoms with Gasteiger partial charge in [-0.1, -0.05) is 30.3 Å². The van der Waals surface area contributed by atoms with Gasteiger partial charge < -0.3 is 14.8 Å². The van der Waals surface area contributed by atoms with Crippen molar-refractivity contribution in [2.75, 3.05) is 13.6 Å². The number of benzene rings is 1. The fraction of sp³-hybridized carbons (Fsp3) is 0.556. The SMILES string of the molecule is CNC(=O)[C@@H]1C[C@@H](OCc2ccccc2)CN1C(=O)OC(C)(C)C. The number of carbonyl (C=O) groups excluding carboxylic acids is 2. The molecule has 1 aliphatic heterocycles. The van der Waals surface area contributed by atoms with Crippen molar-refractivity contribution in [3.05, 3.63) is 35.9 Å². The normalized spacial score (nSPS) is 20.8. The smallest absolute Gasteiger partial charge is 0.411 e. The molecule has 1 aromatic carbocycles. The molecule has 6 heteroatoms. The lowest BCUT2D eigenvalue weighted by Crippen LogP contribution is -2.46. The molecular weight excluding hydrogens is 308 g/mol. The Labute approximate surface area is 143 Å². The third-order valence-corrected chi connectivity index (χ3v) is 3.77. The molecule has 0 radical (unpaired) electrons. The van der Waals surface area contributed by atoms with Gasteiger partial charge in [-0.25, -0.2) is 4.79 Å². The first kappa shape index (κ1) is 18.3. The quantitative estimate of drug-likeness (QED) is 0.917. The fourth-order valence-electron chi connectivity index (χ4n) is 2.64. The van der Waals surface area contributed by atoms with Crippen molar-refractivity contribution in [3.63, 3.8) is 0 Å². The van der Waals surface area contributed by atoms with Crippen LogP contribution in [-0.2, 0) is 20.9 Å². The van der Waals surface area contributed by atoms with Crippen LogP contribution in [0.25, 0.3) is 0 Å². The third-order valence-electron chi connectivity index (χ3n) is 3.77. The molecule has 1 saturated heterocycles. The second-order valence-electron chi connectivity index (χ2n) is 6.92. The third kappa shape index (κ3) is 4.96. The molecule has 0 aliphatic carbocycles. The van der Waals surface area contributed by atoms with Crippen LogP contribution < -0.4 is 5.32 Å². The lowest BCUT2D eigenvalue weighted by molar-refractivity contribution is -0.125. The molecule has 1 aromatic rings. The van der Waals surface area contributed by atoms with Gasteiger partial charge in [0.1, 0.15) is 11.6 Å². The van der Waals surface area contributed by atoms with Crippen molar-refractivity contribution in [3.8, 4) is 0 Å². The van der Waals surface area contributed by atoms with Gasteiger partial charge in [0.05, 0.1) is 19.3 Å². The van der Waals surface area contributed by atoms with E-state index in [0.717, 1.165) is 5.56 Å². The summed E-state index contributed by atoms with van der Waals surface area (Å²) < 4.78 is 11.3. The van der Waals surface area contributed by atoms with Crippen molar-refractivity contribution >= 4 is 12.0 Å². The van der Waals surface area contributed by atoms with Crippen LogP contribution in [0.3, 0.4) is 0 Å². The van der Waals surface area contributed by atoms with Gasteiger partial charge in [0.2, 0.25) is 5.91 Å². The van der Waals surface area contributed by atoms with Crippen LogP contribution in [-0.4, -0.2) is 48.2 Å². The maximum absolute atomic E-state index is 12.4. The van der Waals surface area contributed by atoms with Gasteiger partial charge in [0, 0.05) is 13.5 Å².